The minimum Gasteiger partial charge on any atom is -0.342 e. The summed E-state index contributed by atoms with van der Waals surface area (Å²) >= 11 is 0. The van der Waals surface area contributed by atoms with Crippen LogP contribution in [0, 0.1) is 5.92 Å². The zero-order valence-electron chi connectivity index (χ0n) is 16.5. The molecular weight excluding hydrogens is 340 g/mol. The molecule has 0 radical (unpaired) electrons. The number of nitrogens with zero attached hydrogens (tertiary/aromatic N) is 6. The molecule has 1 saturated carbocycles. The number of hydrogen-bond donors (Lipinski definition) is 0. The van der Waals surface area contributed by atoms with Gasteiger partial charge in [0.1, 0.15) is 5.52 Å². The van der Waals surface area contributed by atoms with Gasteiger partial charge in [0.05, 0.1) is 12.2 Å². The van der Waals surface area contributed by atoms with Gasteiger partial charge >= 0.3 is 0 Å². The molecule has 4 rings (SSSR count). The Bertz CT molecular complexity index is 795. The summed E-state index contributed by atoms with van der Waals surface area (Å²) < 4.78 is 1.98. The number of rotatable bonds is 5. The Morgan fingerprint density at radius 3 is 2.70 bits per heavy atom. The van der Waals surface area contributed by atoms with Crippen LogP contribution >= 0.6 is 0 Å². The molecule has 7 nitrogen and oxygen atoms in total. The normalized spacial score (nSPS) is 21.4. The van der Waals surface area contributed by atoms with Crippen LogP contribution in [0.15, 0.2) is 12.4 Å². The molecule has 0 N–H and O–H groups in total. The van der Waals surface area contributed by atoms with Crippen molar-refractivity contribution in [2.24, 2.45) is 5.92 Å². The van der Waals surface area contributed by atoms with E-state index in [1.165, 1.54) is 19.3 Å². The molecule has 2 aromatic heterocycles. The number of carbonyl (C=O) groups is 1. The highest BCUT2D eigenvalue weighted by atomic mass is 16.2. The summed E-state index contributed by atoms with van der Waals surface area (Å²) in [6, 6.07) is 0. The van der Waals surface area contributed by atoms with Gasteiger partial charge in [0, 0.05) is 43.9 Å². The summed E-state index contributed by atoms with van der Waals surface area (Å²) in [5, 5.41) is 4.88. The summed E-state index contributed by atoms with van der Waals surface area (Å²) in [5.74, 6) is 0.865. The van der Waals surface area contributed by atoms with Crippen molar-refractivity contribution in [2.75, 3.05) is 33.7 Å². The molecule has 1 atom stereocenters. The first-order valence-corrected chi connectivity index (χ1v) is 10.2. The molecule has 2 aliphatic rings. The standard InChI is InChI=1S/C20H30N6O/c1-24(2)12-13-26-19-18(21-9-10-22-19)17(23-26)16-8-11-25(14-16)20(27)15-6-4-3-5-7-15/h9-10,15-16H,3-8,11-14H2,1-2H3. The largest absolute Gasteiger partial charge is 0.342 e. The predicted octanol–water partition coefficient (Wildman–Crippen LogP) is 2.28. The Labute approximate surface area is 160 Å². The van der Waals surface area contributed by atoms with Crippen LogP contribution in [0.25, 0.3) is 11.2 Å². The van der Waals surface area contributed by atoms with Gasteiger partial charge in [-0.3, -0.25) is 4.79 Å². The predicted molar refractivity (Wildman–Crippen MR) is 104 cm³/mol. The van der Waals surface area contributed by atoms with E-state index < -0.39 is 0 Å². The first-order chi connectivity index (χ1) is 13.1. The maximum atomic E-state index is 12.9. The summed E-state index contributed by atoms with van der Waals surface area (Å²) in [4.78, 5) is 26.2. The minimum absolute atomic E-state index is 0.242. The molecule has 2 aromatic rings. The molecule has 1 aliphatic carbocycles. The van der Waals surface area contributed by atoms with Gasteiger partial charge in [-0.05, 0) is 33.4 Å². The van der Waals surface area contributed by atoms with Crippen molar-refractivity contribution in [3.63, 3.8) is 0 Å². The number of fused-ring (bicyclic) bond motifs is 1. The smallest absolute Gasteiger partial charge is 0.225 e. The van der Waals surface area contributed by atoms with E-state index >= 15 is 0 Å². The molecule has 1 unspecified atom stereocenters. The Hall–Kier alpha value is -2.02. The Balaban J connectivity index is 1.52. The van der Waals surface area contributed by atoms with Crippen molar-refractivity contribution in [3.8, 4) is 0 Å². The van der Waals surface area contributed by atoms with Gasteiger partial charge in [0.2, 0.25) is 5.91 Å². The maximum Gasteiger partial charge on any atom is 0.225 e. The molecule has 7 heteroatoms. The molecule has 27 heavy (non-hydrogen) atoms. The van der Waals surface area contributed by atoms with E-state index in [9.17, 15) is 4.79 Å². The number of likely N-dealkylation sites (tertiary alicyclic amines) is 1. The fourth-order valence-electron chi connectivity index (χ4n) is 4.44. The molecule has 1 saturated heterocycles. The van der Waals surface area contributed by atoms with Crippen LogP contribution < -0.4 is 0 Å². The number of carbonyl (C=O) groups excluding carboxylic acids is 1. The van der Waals surface area contributed by atoms with Crippen LogP contribution in [0.3, 0.4) is 0 Å². The van der Waals surface area contributed by atoms with E-state index in [1.807, 2.05) is 4.68 Å². The fourth-order valence-corrected chi connectivity index (χ4v) is 4.44. The van der Waals surface area contributed by atoms with E-state index in [0.29, 0.717) is 5.91 Å². The molecule has 0 aromatic carbocycles. The third kappa shape index (κ3) is 3.83. The molecule has 1 aliphatic heterocycles. The van der Waals surface area contributed by atoms with Gasteiger partial charge in [-0.25, -0.2) is 14.6 Å². The second-order valence-corrected chi connectivity index (χ2v) is 8.24. The van der Waals surface area contributed by atoms with Crippen LogP contribution in [0.2, 0.25) is 0 Å². The van der Waals surface area contributed by atoms with Crippen LogP contribution in [-0.2, 0) is 11.3 Å². The van der Waals surface area contributed by atoms with Crippen molar-refractivity contribution in [2.45, 2.75) is 51.0 Å². The van der Waals surface area contributed by atoms with Crippen LogP contribution in [0.5, 0.6) is 0 Å². The van der Waals surface area contributed by atoms with E-state index in [-0.39, 0.29) is 11.8 Å². The Kier molecular flexibility index (Phi) is 5.38. The second kappa shape index (κ2) is 7.92. The van der Waals surface area contributed by atoms with Gasteiger partial charge in [-0.15, -0.1) is 0 Å². The molecule has 0 spiro atoms. The van der Waals surface area contributed by atoms with Crippen molar-refractivity contribution < 1.29 is 4.79 Å². The lowest BCUT2D eigenvalue weighted by Gasteiger charge is -2.26. The quantitative estimate of drug-likeness (QED) is 0.808. The molecule has 146 valence electrons. The molecule has 1 amide bonds. The monoisotopic (exact) mass is 370 g/mol. The SMILES string of the molecule is CN(C)CCn1nc(C2CCN(C(=O)C3CCCCC3)C2)c2nccnc21. The van der Waals surface area contributed by atoms with Gasteiger partial charge in [0.25, 0.3) is 0 Å². The van der Waals surface area contributed by atoms with E-state index in [1.54, 1.807) is 12.4 Å². The summed E-state index contributed by atoms with van der Waals surface area (Å²) in [5.41, 5.74) is 2.76. The van der Waals surface area contributed by atoms with Crippen molar-refractivity contribution in [1.82, 2.24) is 29.5 Å². The second-order valence-electron chi connectivity index (χ2n) is 8.24. The Morgan fingerprint density at radius 2 is 1.93 bits per heavy atom. The van der Waals surface area contributed by atoms with Crippen LogP contribution in [-0.4, -0.2) is 69.2 Å². The summed E-state index contributed by atoms with van der Waals surface area (Å²) in [7, 11) is 4.12. The topological polar surface area (TPSA) is 67.2 Å². The highest BCUT2D eigenvalue weighted by Crippen LogP contribution is 2.33. The summed E-state index contributed by atoms with van der Waals surface area (Å²) in [6.07, 6.45) is 10.2. The number of amides is 1. The fraction of sp³-hybridized carbons (Fsp3) is 0.700. The average Bonchev–Trinajstić information content (AvgIpc) is 3.31. The number of aromatic nitrogens is 4. The zero-order valence-corrected chi connectivity index (χ0v) is 16.5. The van der Waals surface area contributed by atoms with Crippen molar-refractivity contribution in [1.29, 1.82) is 0 Å². The lowest BCUT2D eigenvalue weighted by Crippen LogP contribution is -2.35. The third-order valence-corrected chi connectivity index (χ3v) is 5.99. The van der Waals surface area contributed by atoms with Gasteiger partial charge < -0.3 is 9.80 Å². The number of hydrogen-bond acceptors (Lipinski definition) is 5. The van der Waals surface area contributed by atoms with Gasteiger partial charge in [-0.1, -0.05) is 19.3 Å². The van der Waals surface area contributed by atoms with Crippen molar-refractivity contribution >= 4 is 17.1 Å². The Morgan fingerprint density at radius 1 is 1.15 bits per heavy atom. The summed E-state index contributed by atoms with van der Waals surface area (Å²) in [6.45, 7) is 3.31. The first-order valence-electron chi connectivity index (χ1n) is 10.2. The van der Waals surface area contributed by atoms with E-state index in [0.717, 1.165) is 62.3 Å². The van der Waals surface area contributed by atoms with Crippen LogP contribution in [0.4, 0.5) is 0 Å². The van der Waals surface area contributed by atoms with Crippen LogP contribution in [0.1, 0.15) is 50.1 Å². The lowest BCUT2D eigenvalue weighted by atomic mass is 9.88. The highest BCUT2D eigenvalue weighted by molar-refractivity contribution is 5.80. The zero-order chi connectivity index (χ0) is 18.8. The average molecular weight is 371 g/mol. The third-order valence-electron chi connectivity index (χ3n) is 5.99. The molecular formula is C20H30N6O. The molecule has 2 fully saturated rings. The highest BCUT2D eigenvalue weighted by Gasteiger charge is 2.34. The van der Waals surface area contributed by atoms with E-state index in [2.05, 4.69) is 33.9 Å². The van der Waals surface area contributed by atoms with Gasteiger partial charge in [0.15, 0.2) is 5.65 Å². The lowest BCUT2D eigenvalue weighted by molar-refractivity contribution is -0.135. The van der Waals surface area contributed by atoms with Gasteiger partial charge in [-0.2, -0.15) is 5.10 Å². The molecule has 0 bridgehead atoms. The minimum atomic E-state index is 0.242. The maximum absolute atomic E-state index is 12.9. The number of likely N-dealkylation sites (N-methyl/N-ethyl adjacent to an activating group) is 1. The van der Waals surface area contributed by atoms with Crippen molar-refractivity contribution in [3.05, 3.63) is 18.1 Å². The molecule has 3 heterocycles. The first kappa shape index (κ1) is 18.3. The van der Waals surface area contributed by atoms with E-state index in [4.69, 9.17) is 5.10 Å².